The molecule has 1 N–H and O–H groups in total. The minimum absolute atomic E-state index is 0.149. The third-order valence-electron chi connectivity index (χ3n) is 3.37. The van der Waals surface area contributed by atoms with Crippen molar-refractivity contribution in [3.05, 3.63) is 0 Å². The van der Waals surface area contributed by atoms with Crippen LogP contribution in [-0.2, 0) is 4.79 Å². The third kappa shape index (κ3) is 2.51. The van der Waals surface area contributed by atoms with Crippen LogP contribution >= 0.6 is 0 Å². The fourth-order valence-electron chi connectivity index (χ4n) is 2.63. The summed E-state index contributed by atoms with van der Waals surface area (Å²) in [6.45, 7) is 0. The summed E-state index contributed by atoms with van der Waals surface area (Å²) in [6, 6.07) is 0.519. The molecule has 0 aromatic heterocycles. The predicted octanol–water partition coefficient (Wildman–Crippen LogP) is 2.04. The topological polar surface area (TPSA) is 29.1 Å². The van der Waals surface area contributed by atoms with Gasteiger partial charge in [-0.05, 0) is 19.3 Å². The summed E-state index contributed by atoms with van der Waals surface area (Å²) in [6.07, 6.45) is -2.79. The van der Waals surface area contributed by atoms with Crippen molar-refractivity contribution in [3.8, 4) is 0 Å². The molecule has 86 valence electrons. The number of fused-ring (bicyclic) bond motifs is 2. The Hall–Kier alpha value is -0.580. The summed E-state index contributed by atoms with van der Waals surface area (Å²) in [7, 11) is 0. The van der Waals surface area contributed by atoms with Crippen molar-refractivity contribution in [1.29, 1.82) is 0 Å². The lowest BCUT2D eigenvalue weighted by molar-refractivity contribution is -0.145. The molecule has 0 radical (unpaired) electrons. The van der Waals surface area contributed by atoms with E-state index in [9.17, 15) is 18.0 Å². The van der Waals surface area contributed by atoms with Crippen molar-refractivity contribution < 1.29 is 18.0 Å². The maximum Gasteiger partial charge on any atom is 0.389 e. The first-order valence-electron chi connectivity index (χ1n) is 5.31. The Bertz CT molecular complexity index is 264. The van der Waals surface area contributed by atoms with E-state index in [0.29, 0.717) is 6.04 Å². The van der Waals surface area contributed by atoms with E-state index >= 15 is 0 Å². The average Bonchev–Trinajstić information content (AvgIpc) is 2.73. The lowest BCUT2D eigenvalue weighted by Crippen LogP contribution is -2.29. The molecule has 3 atom stereocenters. The molecule has 2 heterocycles. The van der Waals surface area contributed by atoms with Crippen molar-refractivity contribution in [2.75, 3.05) is 0 Å². The molecule has 2 nitrogen and oxygen atoms in total. The molecule has 0 aromatic carbocycles. The minimum Gasteiger partial charge on any atom is -0.310 e. The zero-order chi connectivity index (χ0) is 11.1. The SMILES string of the molecule is O=C(CCC(F)(F)F)C1CC2CCC1N2. The summed E-state index contributed by atoms with van der Waals surface area (Å²) in [5.74, 6) is -0.377. The Morgan fingerprint density at radius 2 is 2.07 bits per heavy atom. The van der Waals surface area contributed by atoms with Gasteiger partial charge in [0.1, 0.15) is 5.78 Å². The van der Waals surface area contributed by atoms with Gasteiger partial charge in [0.25, 0.3) is 0 Å². The van der Waals surface area contributed by atoms with Crippen LogP contribution in [0.5, 0.6) is 0 Å². The molecule has 2 aliphatic rings. The van der Waals surface area contributed by atoms with Crippen LogP contribution in [0.4, 0.5) is 13.2 Å². The maximum atomic E-state index is 11.9. The highest BCUT2D eigenvalue weighted by Crippen LogP contribution is 2.35. The van der Waals surface area contributed by atoms with Gasteiger partial charge in [0.05, 0.1) is 6.42 Å². The summed E-state index contributed by atoms with van der Waals surface area (Å²) >= 11 is 0. The van der Waals surface area contributed by atoms with E-state index in [-0.39, 0.29) is 24.2 Å². The zero-order valence-electron chi connectivity index (χ0n) is 8.31. The van der Waals surface area contributed by atoms with Crippen molar-refractivity contribution >= 4 is 5.78 Å². The van der Waals surface area contributed by atoms with Crippen LogP contribution in [0.1, 0.15) is 32.1 Å². The number of hydrogen-bond donors (Lipinski definition) is 1. The van der Waals surface area contributed by atoms with Gasteiger partial charge in [0.15, 0.2) is 0 Å². The lowest BCUT2D eigenvalue weighted by atomic mass is 9.84. The number of hydrogen-bond acceptors (Lipinski definition) is 2. The number of carbonyl (C=O) groups excluding carboxylic acids is 1. The molecule has 2 aliphatic heterocycles. The van der Waals surface area contributed by atoms with Crippen molar-refractivity contribution in [3.63, 3.8) is 0 Å². The molecule has 3 unspecified atom stereocenters. The summed E-state index contributed by atoms with van der Waals surface area (Å²) in [4.78, 5) is 11.5. The van der Waals surface area contributed by atoms with Crippen LogP contribution in [-0.4, -0.2) is 24.0 Å². The van der Waals surface area contributed by atoms with E-state index in [1.165, 1.54) is 0 Å². The largest absolute Gasteiger partial charge is 0.389 e. The van der Waals surface area contributed by atoms with Gasteiger partial charge >= 0.3 is 6.18 Å². The third-order valence-corrected chi connectivity index (χ3v) is 3.37. The van der Waals surface area contributed by atoms with Gasteiger partial charge in [-0.25, -0.2) is 0 Å². The summed E-state index contributed by atoms with van der Waals surface area (Å²) < 4.78 is 35.8. The molecule has 0 aromatic rings. The highest BCUT2D eigenvalue weighted by molar-refractivity contribution is 5.82. The fraction of sp³-hybridized carbons (Fsp3) is 0.900. The molecule has 0 amide bonds. The number of rotatable bonds is 3. The second kappa shape index (κ2) is 3.77. The normalized spacial score (nSPS) is 34.7. The van der Waals surface area contributed by atoms with Crippen LogP contribution in [0.25, 0.3) is 0 Å². The minimum atomic E-state index is -4.21. The van der Waals surface area contributed by atoms with Crippen molar-refractivity contribution in [1.82, 2.24) is 5.32 Å². The highest BCUT2D eigenvalue weighted by Gasteiger charge is 2.43. The molecule has 2 rings (SSSR count). The summed E-state index contributed by atoms with van der Waals surface area (Å²) in [5.41, 5.74) is 0. The molecule has 15 heavy (non-hydrogen) atoms. The van der Waals surface area contributed by atoms with Crippen LogP contribution < -0.4 is 5.32 Å². The van der Waals surface area contributed by atoms with E-state index in [4.69, 9.17) is 0 Å². The lowest BCUT2D eigenvalue weighted by Gasteiger charge is -2.18. The monoisotopic (exact) mass is 221 g/mol. The highest BCUT2D eigenvalue weighted by atomic mass is 19.4. The Morgan fingerprint density at radius 3 is 2.53 bits per heavy atom. The van der Waals surface area contributed by atoms with Gasteiger partial charge in [0.2, 0.25) is 0 Å². The second-order valence-electron chi connectivity index (χ2n) is 4.47. The van der Waals surface area contributed by atoms with Gasteiger partial charge in [0, 0.05) is 24.4 Å². The number of ketones is 1. The standard InChI is InChI=1S/C10H14F3NO/c11-10(12,13)4-3-9(15)7-5-6-1-2-8(7)14-6/h6-8,14H,1-5H2. The Kier molecular flexibility index (Phi) is 2.75. The molecule has 0 saturated carbocycles. The van der Waals surface area contributed by atoms with Crippen LogP contribution in [0.15, 0.2) is 0 Å². The predicted molar refractivity (Wildman–Crippen MR) is 48.3 cm³/mol. The van der Waals surface area contributed by atoms with Crippen molar-refractivity contribution in [2.24, 2.45) is 5.92 Å². The number of nitrogens with one attached hydrogen (secondary N) is 1. The Balaban J connectivity index is 1.82. The van der Waals surface area contributed by atoms with Crippen LogP contribution in [0.3, 0.4) is 0 Å². The second-order valence-corrected chi connectivity index (χ2v) is 4.47. The average molecular weight is 221 g/mol. The van der Waals surface area contributed by atoms with Gasteiger partial charge in [-0.15, -0.1) is 0 Å². The van der Waals surface area contributed by atoms with Gasteiger partial charge in [-0.2, -0.15) is 13.2 Å². The number of Topliss-reactive ketones (excluding diaryl/α,β-unsaturated/α-hetero) is 1. The fourth-order valence-corrected chi connectivity index (χ4v) is 2.63. The Labute approximate surface area is 86.2 Å². The summed E-state index contributed by atoms with van der Waals surface area (Å²) in [5, 5.41) is 3.25. The molecule has 0 aliphatic carbocycles. The zero-order valence-corrected chi connectivity index (χ0v) is 8.31. The molecular formula is C10H14F3NO. The van der Waals surface area contributed by atoms with E-state index in [1.54, 1.807) is 0 Å². The van der Waals surface area contributed by atoms with E-state index in [0.717, 1.165) is 19.3 Å². The van der Waals surface area contributed by atoms with Crippen LogP contribution in [0, 0.1) is 5.92 Å². The van der Waals surface area contributed by atoms with Gasteiger partial charge in [-0.1, -0.05) is 0 Å². The first kappa shape index (κ1) is 10.9. The smallest absolute Gasteiger partial charge is 0.310 e. The number of alkyl halides is 3. The molecule has 2 bridgehead atoms. The van der Waals surface area contributed by atoms with E-state index < -0.39 is 12.6 Å². The quantitative estimate of drug-likeness (QED) is 0.790. The van der Waals surface area contributed by atoms with Gasteiger partial charge < -0.3 is 5.32 Å². The molecule has 0 spiro atoms. The first-order chi connectivity index (χ1) is 6.96. The molecule has 5 heteroatoms. The number of halogens is 3. The maximum absolute atomic E-state index is 11.9. The van der Waals surface area contributed by atoms with Crippen LogP contribution in [0.2, 0.25) is 0 Å². The first-order valence-corrected chi connectivity index (χ1v) is 5.31. The van der Waals surface area contributed by atoms with Gasteiger partial charge in [-0.3, -0.25) is 4.79 Å². The van der Waals surface area contributed by atoms with Crippen molar-refractivity contribution in [2.45, 2.75) is 50.4 Å². The molecule has 2 saturated heterocycles. The van der Waals surface area contributed by atoms with E-state index in [2.05, 4.69) is 5.32 Å². The number of carbonyl (C=O) groups is 1. The molecule has 2 fully saturated rings. The van der Waals surface area contributed by atoms with E-state index in [1.807, 2.05) is 0 Å². The Morgan fingerprint density at radius 1 is 1.33 bits per heavy atom. The molecular weight excluding hydrogens is 207 g/mol.